The van der Waals surface area contributed by atoms with Gasteiger partial charge in [-0.25, -0.2) is 13.1 Å². The monoisotopic (exact) mass is 488 g/mol. The van der Waals surface area contributed by atoms with Crippen molar-refractivity contribution in [2.45, 2.75) is 11.4 Å². The highest BCUT2D eigenvalue weighted by atomic mass is 35.5. The first-order valence-electron chi connectivity index (χ1n) is 10.2. The van der Waals surface area contributed by atoms with E-state index in [-0.39, 0.29) is 34.5 Å². The minimum Gasteiger partial charge on any atom is -0.497 e. The molecule has 174 valence electrons. The second-order valence-electron chi connectivity index (χ2n) is 7.21. The predicted molar refractivity (Wildman–Crippen MR) is 127 cm³/mol. The van der Waals surface area contributed by atoms with Crippen molar-refractivity contribution in [2.75, 3.05) is 27.3 Å². The first kappa shape index (κ1) is 24.6. The van der Waals surface area contributed by atoms with Crippen LogP contribution in [-0.4, -0.2) is 46.5 Å². The Hall–Kier alpha value is -3.07. The molecule has 0 saturated heterocycles. The van der Waals surface area contributed by atoms with Crippen molar-refractivity contribution in [1.29, 1.82) is 0 Å². The van der Waals surface area contributed by atoms with Crippen molar-refractivity contribution in [3.63, 3.8) is 0 Å². The maximum absolute atomic E-state index is 12.8. The molecule has 0 radical (unpaired) electrons. The summed E-state index contributed by atoms with van der Waals surface area (Å²) in [7, 11) is -0.710. The van der Waals surface area contributed by atoms with E-state index in [2.05, 4.69) is 4.72 Å². The Kier molecular flexibility index (Phi) is 8.32. The number of carbonyl (C=O) groups is 1. The van der Waals surface area contributed by atoms with E-state index in [1.165, 1.54) is 23.1 Å². The van der Waals surface area contributed by atoms with Crippen LogP contribution in [0.5, 0.6) is 11.5 Å². The normalized spacial score (nSPS) is 11.1. The van der Waals surface area contributed by atoms with Gasteiger partial charge in [-0.15, -0.1) is 0 Å². The van der Waals surface area contributed by atoms with Gasteiger partial charge in [0, 0.05) is 19.2 Å². The molecule has 0 atom stereocenters. The zero-order valence-corrected chi connectivity index (χ0v) is 19.9. The predicted octanol–water partition coefficient (Wildman–Crippen LogP) is 3.98. The highest BCUT2D eigenvalue weighted by Gasteiger charge is 2.21. The minimum atomic E-state index is -3.92. The number of ether oxygens (including phenoxy) is 2. The van der Waals surface area contributed by atoms with E-state index in [1.807, 2.05) is 30.3 Å². The topological polar surface area (TPSA) is 84.9 Å². The Morgan fingerprint density at radius 3 is 2.33 bits per heavy atom. The SMILES string of the molecule is COc1ccc(OCCN(C)C(=O)c2ccc(Cl)c(S(=O)(=O)NCc3ccccc3)c2)cc1. The highest BCUT2D eigenvalue weighted by molar-refractivity contribution is 7.89. The average Bonchev–Trinajstić information content (AvgIpc) is 2.83. The number of likely N-dealkylation sites (N-methyl/N-ethyl adjacent to an activating group) is 1. The van der Waals surface area contributed by atoms with Gasteiger partial charge in [0.05, 0.1) is 18.7 Å². The Morgan fingerprint density at radius 2 is 1.67 bits per heavy atom. The molecule has 0 saturated carbocycles. The summed E-state index contributed by atoms with van der Waals surface area (Å²) in [5.74, 6) is 1.03. The summed E-state index contributed by atoms with van der Waals surface area (Å²) < 4.78 is 38.9. The van der Waals surface area contributed by atoms with Crippen LogP contribution in [0.2, 0.25) is 5.02 Å². The van der Waals surface area contributed by atoms with Gasteiger partial charge in [-0.3, -0.25) is 4.79 Å². The lowest BCUT2D eigenvalue weighted by atomic mass is 10.2. The van der Waals surface area contributed by atoms with Crippen LogP contribution < -0.4 is 14.2 Å². The number of amides is 1. The molecule has 0 fully saturated rings. The van der Waals surface area contributed by atoms with E-state index in [0.717, 1.165) is 11.3 Å². The van der Waals surface area contributed by atoms with Crippen LogP contribution >= 0.6 is 11.6 Å². The molecular formula is C24H25ClN2O5S. The molecule has 9 heteroatoms. The van der Waals surface area contributed by atoms with Crippen molar-refractivity contribution >= 4 is 27.5 Å². The molecule has 0 bridgehead atoms. The fourth-order valence-corrected chi connectivity index (χ4v) is 4.53. The van der Waals surface area contributed by atoms with Gasteiger partial charge in [-0.2, -0.15) is 0 Å². The fourth-order valence-electron chi connectivity index (χ4n) is 2.99. The molecule has 1 N–H and O–H groups in total. The molecular weight excluding hydrogens is 464 g/mol. The summed E-state index contributed by atoms with van der Waals surface area (Å²) in [6, 6.07) is 20.4. The van der Waals surface area contributed by atoms with Gasteiger partial charge in [0.1, 0.15) is 23.0 Å². The van der Waals surface area contributed by atoms with Gasteiger partial charge in [0.2, 0.25) is 10.0 Å². The molecule has 7 nitrogen and oxygen atoms in total. The van der Waals surface area contributed by atoms with Crippen LogP contribution in [0.15, 0.2) is 77.7 Å². The largest absolute Gasteiger partial charge is 0.497 e. The average molecular weight is 489 g/mol. The van der Waals surface area contributed by atoms with Crippen LogP contribution in [0.3, 0.4) is 0 Å². The van der Waals surface area contributed by atoms with E-state index >= 15 is 0 Å². The smallest absolute Gasteiger partial charge is 0.253 e. The second-order valence-corrected chi connectivity index (χ2v) is 9.35. The number of hydrogen-bond donors (Lipinski definition) is 1. The quantitative estimate of drug-likeness (QED) is 0.466. The Balaban J connectivity index is 1.63. The Labute approximate surface area is 198 Å². The lowest BCUT2D eigenvalue weighted by Gasteiger charge is -2.18. The van der Waals surface area contributed by atoms with Gasteiger partial charge >= 0.3 is 0 Å². The van der Waals surface area contributed by atoms with Crippen LogP contribution in [0.25, 0.3) is 0 Å². The highest BCUT2D eigenvalue weighted by Crippen LogP contribution is 2.24. The fraction of sp³-hybridized carbons (Fsp3) is 0.208. The first-order valence-corrected chi connectivity index (χ1v) is 12.0. The van der Waals surface area contributed by atoms with Crippen LogP contribution in [0.4, 0.5) is 0 Å². The third-order valence-electron chi connectivity index (χ3n) is 4.88. The van der Waals surface area contributed by atoms with E-state index in [0.29, 0.717) is 12.3 Å². The third kappa shape index (κ3) is 6.71. The molecule has 0 aliphatic rings. The van der Waals surface area contributed by atoms with Crippen LogP contribution in [0, 0.1) is 0 Å². The number of methoxy groups -OCH3 is 1. The first-order chi connectivity index (χ1) is 15.8. The summed E-state index contributed by atoms with van der Waals surface area (Å²) in [6.07, 6.45) is 0. The number of rotatable bonds is 10. The Morgan fingerprint density at radius 1 is 1.00 bits per heavy atom. The van der Waals surface area contributed by atoms with Crippen LogP contribution in [0.1, 0.15) is 15.9 Å². The summed E-state index contributed by atoms with van der Waals surface area (Å²) in [6.45, 7) is 0.689. The van der Waals surface area contributed by atoms with Gasteiger partial charge in [0.25, 0.3) is 5.91 Å². The van der Waals surface area contributed by atoms with Gasteiger partial charge < -0.3 is 14.4 Å². The molecule has 0 spiro atoms. The van der Waals surface area contributed by atoms with Gasteiger partial charge in [-0.1, -0.05) is 41.9 Å². The molecule has 3 aromatic rings. The number of halogens is 1. The van der Waals surface area contributed by atoms with Gasteiger partial charge in [0.15, 0.2) is 0 Å². The number of hydrogen-bond acceptors (Lipinski definition) is 5. The third-order valence-corrected chi connectivity index (χ3v) is 6.76. The maximum Gasteiger partial charge on any atom is 0.253 e. The second kappa shape index (κ2) is 11.2. The van der Waals surface area contributed by atoms with Crippen molar-refractivity contribution in [3.05, 3.63) is 88.9 Å². The molecule has 0 heterocycles. The van der Waals surface area contributed by atoms with Crippen molar-refractivity contribution < 1.29 is 22.7 Å². The molecule has 3 rings (SSSR count). The number of sulfonamides is 1. The molecule has 0 aliphatic heterocycles. The molecule has 33 heavy (non-hydrogen) atoms. The summed E-state index contributed by atoms with van der Waals surface area (Å²) in [4.78, 5) is 14.2. The van der Waals surface area contributed by atoms with Crippen molar-refractivity contribution in [3.8, 4) is 11.5 Å². The summed E-state index contributed by atoms with van der Waals surface area (Å²) in [5, 5.41) is 0.0394. The molecule has 1 amide bonds. The minimum absolute atomic E-state index is 0.0394. The lowest BCUT2D eigenvalue weighted by Crippen LogP contribution is -2.31. The van der Waals surface area contributed by atoms with Crippen LogP contribution in [-0.2, 0) is 16.6 Å². The molecule has 0 unspecified atom stereocenters. The number of carbonyl (C=O) groups excluding carboxylic acids is 1. The molecule has 0 aromatic heterocycles. The lowest BCUT2D eigenvalue weighted by molar-refractivity contribution is 0.0773. The van der Waals surface area contributed by atoms with E-state index < -0.39 is 10.0 Å². The van der Waals surface area contributed by atoms with Crippen molar-refractivity contribution in [1.82, 2.24) is 9.62 Å². The summed E-state index contributed by atoms with van der Waals surface area (Å²) >= 11 is 6.15. The Bertz CT molecular complexity index is 1190. The van der Waals surface area contributed by atoms with E-state index in [1.54, 1.807) is 38.4 Å². The van der Waals surface area contributed by atoms with E-state index in [4.69, 9.17) is 21.1 Å². The standard InChI is InChI=1S/C24H25ClN2O5S/c1-27(14-15-32-21-11-9-20(31-2)10-12-21)24(28)19-8-13-22(25)23(16-19)33(29,30)26-17-18-6-4-3-5-7-18/h3-13,16,26H,14-15,17H2,1-2H3. The maximum atomic E-state index is 12.8. The zero-order chi connectivity index (χ0) is 23.8. The van der Waals surface area contributed by atoms with E-state index in [9.17, 15) is 13.2 Å². The number of benzene rings is 3. The summed E-state index contributed by atoms with van der Waals surface area (Å²) in [5.41, 5.74) is 1.02. The zero-order valence-electron chi connectivity index (χ0n) is 18.3. The number of nitrogens with zero attached hydrogens (tertiary/aromatic N) is 1. The molecule has 0 aliphatic carbocycles. The van der Waals surface area contributed by atoms with Crippen molar-refractivity contribution in [2.24, 2.45) is 0 Å². The molecule has 3 aromatic carbocycles. The number of nitrogens with one attached hydrogen (secondary N) is 1. The van der Waals surface area contributed by atoms with Gasteiger partial charge in [-0.05, 0) is 48.0 Å².